The Morgan fingerprint density at radius 3 is 3.13 bits per heavy atom. The maximum absolute atomic E-state index is 11.5. The molecule has 1 aliphatic heterocycles. The number of hydrogen-bond acceptors (Lipinski definition) is 3. The zero-order valence-electron chi connectivity index (χ0n) is 8.59. The molecule has 1 aromatic rings. The summed E-state index contributed by atoms with van der Waals surface area (Å²) in [5.74, 6) is -0.114. The lowest BCUT2D eigenvalue weighted by Gasteiger charge is -2.09. The summed E-state index contributed by atoms with van der Waals surface area (Å²) in [4.78, 5) is 16.6. The fourth-order valence-electron chi connectivity index (χ4n) is 1.40. The number of hydroxylamine groups is 2. The highest BCUT2D eigenvalue weighted by molar-refractivity contribution is 5.91. The standard InChI is InChI=1S/C10H13N3O2/c1-12-8-9(7-11-12)3-4-10(14)13-5-2-6-15-13/h3-4,7-8H,2,5-6H2,1H3/b4-3+. The van der Waals surface area contributed by atoms with E-state index in [1.165, 1.54) is 11.1 Å². The lowest BCUT2D eigenvalue weighted by molar-refractivity contribution is -0.162. The average molecular weight is 207 g/mol. The van der Waals surface area contributed by atoms with Gasteiger partial charge in [-0.25, -0.2) is 5.06 Å². The van der Waals surface area contributed by atoms with E-state index in [1.807, 2.05) is 13.2 Å². The molecule has 1 fully saturated rings. The summed E-state index contributed by atoms with van der Waals surface area (Å²) in [6.07, 6.45) is 7.69. The van der Waals surface area contributed by atoms with Crippen molar-refractivity contribution in [3.63, 3.8) is 0 Å². The molecular formula is C10H13N3O2. The van der Waals surface area contributed by atoms with Crippen LogP contribution in [-0.2, 0) is 16.7 Å². The first-order valence-corrected chi connectivity index (χ1v) is 4.87. The molecule has 0 atom stereocenters. The average Bonchev–Trinajstić information content (AvgIpc) is 2.84. The summed E-state index contributed by atoms with van der Waals surface area (Å²) in [7, 11) is 1.84. The second kappa shape index (κ2) is 4.27. The van der Waals surface area contributed by atoms with E-state index in [-0.39, 0.29) is 5.91 Å². The summed E-state index contributed by atoms with van der Waals surface area (Å²) < 4.78 is 1.69. The largest absolute Gasteiger partial charge is 0.275 e. The van der Waals surface area contributed by atoms with E-state index < -0.39 is 0 Å². The van der Waals surface area contributed by atoms with E-state index in [0.29, 0.717) is 13.2 Å². The van der Waals surface area contributed by atoms with Gasteiger partial charge in [0, 0.05) is 24.9 Å². The number of carbonyl (C=O) groups excluding carboxylic acids is 1. The van der Waals surface area contributed by atoms with Crippen LogP contribution < -0.4 is 0 Å². The highest BCUT2D eigenvalue weighted by Crippen LogP contribution is 2.06. The van der Waals surface area contributed by atoms with E-state index in [2.05, 4.69) is 5.10 Å². The van der Waals surface area contributed by atoms with Gasteiger partial charge in [-0.15, -0.1) is 0 Å². The Hall–Kier alpha value is -1.62. The van der Waals surface area contributed by atoms with Crippen molar-refractivity contribution in [2.45, 2.75) is 6.42 Å². The van der Waals surface area contributed by atoms with Gasteiger partial charge in [-0.2, -0.15) is 5.10 Å². The minimum atomic E-state index is -0.114. The van der Waals surface area contributed by atoms with Gasteiger partial charge in [0.15, 0.2) is 0 Å². The molecule has 80 valence electrons. The van der Waals surface area contributed by atoms with Gasteiger partial charge in [0.2, 0.25) is 0 Å². The molecule has 5 nitrogen and oxygen atoms in total. The van der Waals surface area contributed by atoms with Gasteiger partial charge >= 0.3 is 0 Å². The Kier molecular flexibility index (Phi) is 2.82. The minimum Gasteiger partial charge on any atom is -0.275 e. The maximum atomic E-state index is 11.5. The molecule has 2 rings (SSSR count). The van der Waals surface area contributed by atoms with Crippen LogP contribution in [-0.4, -0.2) is 33.9 Å². The van der Waals surface area contributed by atoms with Gasteiger partial charge in [0.25, 0.3) is 5.91 Å². The Morgan fingerprint density at radius 2 is 2.53 bits per heavy atom. The minimum absolute atomic E-state index is 0.114. The third kappa shape index (κ3) is 2.44. The first kappa shape index (κ1) is 9.92. The SMILES string of the molecule is Cn1cc(/C=C/C(=O)N2CCCO2)cn1. The van der Waals surface area contributed by atoms with Crippen LogP contribution in [0.3, 0.4) is 0 Å². The van der Waals surface area contributed by atoms with Crippen LogP contribution in [0.5, 0.6) is 0 Å². The molecule has 1 amide bonds. The predicted octanol–water partition coefficient (Wildman–Crippen LogP) is 0.597. The van der Waals surface area contributed by atoms with Gasteiger partial charge in [0.1, 0.15) is 0 Å². The van der Waals surface area contributed by atoms with E-state index in [4.69, 9.17) is 4.84 Å². The van der Waals surface area contributed by atoms with E-state index in [9.17, 15) is 4.79 Å². The zero-order chi connectivity index (χ0) is 10.7. The third-order valence-electron chi connectivity index (χ3n) is 2.14. The number of aryl methyl sites for hydroxylation is 1. The Labute approximate surface area is 87.9 Å². The Balaban J connectivity index is 1.95. The molecule has 0 saturated carbocycles. The van der Waals surface area contributed by atoms with Crippen LogP contribution in [0.1, 0.15) is 12.0 Å². The molecule has 0 spiro atoms. The fraction of sp³-hybridized carbons (Fsp3) is 0.400. The van der Waals surface area contributed by atoms with E-state index in [1.54, 1.807) is 17.0 Å². The van der Waals surface area contributed by atoms with Crippen LogP contribution in [0.25, 0.3) is 6.08 Å². The smallest absolute Gasteiger partial charge is 0.270 e. The Morgan fingerprint density at radius 1 is 1.67 bits per heavy atom. The molecule has 1 saturated heterocycles. The van der Waals surface area contributed by atoms with Crippen LogP contribution in [0, 0.1) is 0 Å². The summed E-state index contributed by atoms with van der Waals surface area (Å²) in [6, 6.07) is 0. The number of nitrogens with zero attached hydrogens (tertiary/aromatic N) is 3. The van der Waals surface area contributed by atoms with Gasteiger partial charge in [-0.1, -0.05) is 0 Å². The van der Waals surface area contributed by atoms with Gasteiger partial charge in [0.05, 0.1) is 19.3 Å². The number of rotatable bonds is 2. The van der Waals surface area contributed by atoms with Crippen molar-refractivity contribution in [1.82, 2.24) is 14.8 Å². The van der Waals surface area contributed by atoms with Crippen molar-refractivity contribution in [3.8, 4) is 0 Å². The lowest BCUT2D eigenvalue weighted by Crippen LogP contribution is -2.24. The van der Waals surface area contributed by atoms with Crippen molar-refractivity contribution in [3.05, 3.63) is 24.0 Å². The highest BCUT2D eigenvalue weighted by atomic mass is 16.7. The van der Waals surface area contributed by atoms with Crippen molar-refractivity contribution >= 4 is 12.0 Å². The molecule has 0 unspecified atom stereocenters. The number of carbonyl (C=O) groups is 1. The normalized spacial score (nSPS) is 16.5. The number of amides is 1. The first-order chi connectivity index (χ1) is 7.25. The van der Waals surface area contributed by atoms with Crippen LogP contribution in [0.4, 0.5) is 0 Å². The first-order valence-electron chi connectivity index (χ1n) is 4.87. The lowest BCUT2D eigenvalue weighted by atomic mass is 10.3. The van der Waals surface area contributed by atoms with Crippen molar-refractivity contribution in [2.24, 2.45) is 7.05 Å². The summed E-state index contributed by atoms with van der Waals surface area (Å²) in [6.45, 7) is 1.31. The van der Waals surface area contributed by atoms with E-state index >= 15 is 0 Å². The molecule has 0 aliphatic carbocycles. The zero-order valence-corrected chi connectivity index (χ0v) is 8.59. The summed E-state index contributed by atoms with van der Waals surface area (Å²) in [5, 5.41) is 5.38. The monoisotopic (exact) mass is 207 g/mol. The van der Waals surface area contributed by atoms with Gasteiger partial charge in [-0.3, -0.25) is 14.3 Å². The van der Waals surface area contributed by atoms with Crippen LogP contribution in [0.15, 0.2) is 18.5 Å². The van der Waals surface area contributed by atoms with Gasteiger partial charge in [-0.05, 0) is 12.5 Å². The topological polar surface area (TPSA) is 47.4 Å². The molecule has 2 heterocycles. The Bertz CT molecular complexity index is 378. The molecule has 0 bridgehead atoms. The fourth-order valence-corrected chi connectivity index (χ4v) is 1.40. The van der Waals surface area contributed by atoms with Crippen molar-refractivity contribution in [2.75, 3.05) is 13.2 Å². The van der Waals surface area contributed by atoms with Gasteiger partial charge < -0.3 is 0 Å². The molecule has 0 N–H and O–H groups in total. The second-order valence-electron chi connectivity index (χ2n) is 3.41. The molecule has 1 aliphatic rings. The van der Waals surface area contributed by atoms with Crippen molar-refractivity contribution < 1.29 is 9.63 Å². The molecular weight excluding hydrogens is 194 g/mol. The molecule has 0 aromatic carbocycles. The summed E-state index contributed by atoms with van der Waals surface area (Å²) in [5.41, 5.74) is 0.907. The molecule has 15 heavy (non-hydrogen) atoms. The quantitative estimate of drug-likeness (QED) is 0.667. The highest BCUT2D eigenvalue weighted by Gasteiger charge is 2.16. The van der Waals surface area contributed by atoms with Crippen LogP contribution >= 0.6 is 0 Å². The molecule has 1 aromatic heterocycles. The van der Waals surface area contributed by atoms with Crippen molar-refractivity contribution in [1.29, 1.82) is 0 Å². The number of hydrogen-bond donors (Lipinski definition) is 0. The number of aromatic nitrogens is 2. The van der Waals surface area contributed by atoms with E-state index in [0.717, 1.165) is 12.0 Å². The summed E-state index contributed by atoms with van der Waals surface area (Å²) >= 11 is 0. The third-order valence-corrected chi connectivity index (χ3v) is 2.14. The second-order valence-corrected chi connectivity index (χ2v) is 3.41. The predicted molar refractivity (Wildman–Crippen MR) is 54.5 cm³/mol. The molecule has 5 heteroatoms. The molecule has 0 radical (unpaired) electrons. The maximum Gasteiger partial charge on any atom is 0.270 e. The van der Waals surface area contributed by atoms with Crippen LogP contribution in [0.2, 0.25) is 0 Å².